The molecule has 6 aromatic carbocycles. The Morgan fingerprint density at radius 2 is 1.44 bits per heavy atom. The first-order valence-corrected chi connectivity index (χ1v) is 17.0. The summed E-state index contributed by atoms with van der Waals surface area (Å²) in [6.07, 6.45) is 13.7. The quantitative estimate of drug-likeness (QED) is 0.178. The molecule has 7 aromatic rings. The van der Waals surface area contributed by atoms with Gasteiger partial charge in [-0.2, -0.15) is 0 Å². The van der Waals surface area contributed by atoms with Gasteiger partial charge >= 0.3 is 0 Å². The van der Waals surface area contributed by atoms with Crippen molar-refractivity contribution in [3.8, 4) is 0 Å². The highest BCUT2D eigenvalue weighted by Gasteiger charge is 2.32. The van der Waals surface area contributed by atoms with Crippen molar-refractivity contribution in [3.63, 3.8) is 0 Å². The summed E-state index contributed by atoms with van der Waals surface area (Å²) in [6, 6.07) is 45.9. The molecular weight excluding hydrogens is 583 g/mol. The Morgan fingerprint density at radius 3 is 2.27 bits per heavy atom. The normalized spacial score (nSPS) is 19.5. The molecule has 1 heterocycles. The van der Waals surface area contributed by atoms with E-state index in [4.69, 9.17) is 4.42 Å². The molecule has 2 unspecified atom stereocenters. The molecule has 2 aliphatic rings. The van der Waals surface area contributed by atoms with E-state index in [0.717, 1.165) is 24.0 Å². The molecule has 2 atom stereocenters. The van der Waals surface area contributed by atoms with Gasteiger partial charge in [-0.05, 0) is 75.9 Å². The topological polar surface area (TPSA) is 16.4 Å². The van der Waals surface area contributed by atoms with Crippen molar-refractivity contribution in [3.05, 3.63) is 180 Å². The average Bonchev–Trinajstić information content (AvgIpc) is 3.52. The molecule has 232 valence electrons. The van der Waals surface area contributed by atoms with Gasteiger partial charge in [0.1, 0.15) is 11.2 Å². The third-order valence-corrected chi connectivity index (χ3v) is 10.5. The smallest absolute Gasteiger partial charge is 0.139 e. The largest absolute Gasteiger partial charge is 0.456 e. The van der Waals surface area contributed by atoms with Gasteiger partial charge in [-0.25, -0.2) is 0 Å². The van der Waals surface area contributed by atoms with Crippen LogP contribution in [-0.2, 0) is 5.41 Å². The second-order valence-corrected chi connectivity index (χ2v) is 13.6. The Hall–Kier alpha value is -5.60. The Kier molecular flexibility index (Phi) is 6.72. The molecule has 0 N–H and O–H groups in total. The van der Waals surface area contributed by atoms with Crippen molar-refractivity contribution in [1.29, 1.82) is 0 Å². The molecule has 0 fully saturated rings. The van der Waals surface area contributed by atoms with Crippen LogP contribution >= 0.6 is 0 Å². The summed E-state index contributed by atoms with van der Waals surface area (Å²) in [5, 5.41) is 7.45. The zero-order chi connectivity index (χ0) is 32.2. The first kappa shape index (κ1) is 28.6. The maximum absolute atomic E-state index is 6.49. The first-order valence-electron chi connectivity index (χ1n) is 17.0. The first-order chi connectivity index (χ1) is 23.6. The summed E-state index contributed by atoms with van der Waals surface area (Å²) in [5.41, 5.74) is 9.36. The summed E-state index contributed by atoms with van der Waals surface area (Å²) in [5.74, 6) is 0.337. The molecule has 0 amide bonds. The van der Waals surface area contributed by atoms with Gasteiger partial charge in [0, 0.05) is 44.8 Å². The SMILES string of the molecule is CC1CC(c2ccccc2)=CC=C1N(C1=CCC(C)(c2cccc3c2oc2ccccc23)C=C1)c1ccc2c(ccc3ccccc32)c1. The van der Waals surface area contributed by atoms with Crippen molar-refractivity contribution >= 4 is 54.7 Å². The minimum absolute atomic E-state index is 0.197. The summed E-state index contributed by atoms with van der Waals surface area (Å²) < 4.78 is 6.49. The second-order valence-electron chi connectivity index (χ2n) is 13.6. The molecule has 2 nitrogen and oxygen atoms in total. The summed E-state index contributed by atoms with van der Waals surface area (Å²) >= 11 is 0. The molecule has 2 aliphatic carbocycles. The highest BCUT2D eigenvalue weighted by atomic mass is 16.3. The number of hydrogen-bond acceptors (Lipinski definition) is 2. The number of furan rings is 1. The highest BCUT2D eigenvalue weighted by molar-refractivity contribution is 6.08. The van der Waals surface area contributed by atoms with Crippen LogP contribution in [0.2, 0.25) is 0 Å². The fourth-order valence-electron chi connectivity index (χ4n) is 7.89. The Balaban J connectivity index is 1.15. The monoisotopic (exact) mass is 619 g/mol. The van der Waals surface area contributed by atoms with Crippen LogP contribution in [-0.4, -0.2) is 0 Å². The summed E-state index contributed by atoms with van der Waals surface area (Å²) in [4.78, 5) is 2.50. The van der Waals surface area contributed by atoms with Crippen LogP contribution in [0.15, 0.2) is 174 Å². The van der Waals surface area contributed by atoms with E-state index in [9.17, 15) is 0 Å². The number of para-hydroxylation sites is 2. The molecule has 0 saturated carbocycles. The van der Waals surface area contributed by atoms with Gasteiger partial charge in [0.15, 0.2) is 0 Å². The van der Waals surface area contributed by atoms with Crippen LogP contribution < -0.4 is 4.90 Å². The van der Waals surface area contributed by atoms with Crippen molar-refractivity contribution in [2.45, 2.75) is 32.1 Å². The van der Waals surface area contributed by atoms with E-state index in [1.54, 1.807) is 0 Å². The fraction of sp³-hybridized carbons (Fsp3) is 0.130. The highest BCUT2D eigenvalue weighted by Crippen LogP contribution is 2.44. The lowest BCUT2D eigenvalue weighted by atomic mass is 9.76. The molecule has 0 aliphatic heterocycles. The van der Waals surface area contributed by atoms with Crippen LogP contribution in [0.3, 0.4) is 0 Å². The molecule has 2 heteroatoms. The van der Waals surface area contributed by atoms with E-state index in [0.29, 0.717) is 5.92 Å². The Labute approximate surface area is 281 Å². The molecule has 48 heavy (non-hydrogen) atoms. The van der Waals surface area contributed by atoms with Crippen LogP contribution in [0.1, 0.15) is 37.8 Å². The maximum Gasteiger partial charge on any atom is 0.139 e. The third kappa shape index (κ3) is 4.71. The number of hydrogen-bond donors (Lipinski definition) is 0. The molecular formula is C46H37NO. The molecule has 0 spiro atoms. The number of rotatable bonds is 5. The number of anilines is 1. The third-order valence-electron chi connectivity index (χ3n) is 10.5. The van der Waals surface area contributed by atoms with Crippen LogP contribution in [0.5, 0.6) is 0 Å². The van der Waals surface area contributed by atoms with Crippen molar-refractivity contribution < 1.29 is 4.42 Å². The molecule has 1 aromatic heterocycles. The average molecular weight is 620 g/mol. The lowest BCUT2D eigenvalue weighted by Crippen LogP contribution is -2.29. The number of benzene rings is 6. The zero-order valence-corrected chi connectivity index (χ0v) is 27.4. The number of fused-ring (bicyclic) bond motifs is 6. The van der Waals surface area contributed by atoms with Gasteiger partial charge in [-0.1, -0.05) is 141 Å². The number of nitrogens with zero attached hydrogens (tertiary/aromatic N) is 1. The summed E-state index contributed by atoms with van der Waals surface area (Å²) in [6.45, 7) is 4.70. The van der Waals surface area contributed by atoms with Gasteiger partial charge < -0.3 is 9.32 Å². The molecule has 0 radical (unpaired) electrons. The van der Waals surface area contributed by atoms with Crippen LogP contribution in [0, 0.1) is 5.92 Å². The Morgan fingerprint density at radius 1 is 0.688 bits per heavy atom. The standard InChI is InChI=1S/C46H37NO/c1-31-29-34(32-11-4-3-5-12-32)21-24-43(31)47(37-22-23-39-35(30-37)20-19-33-13-6-7-14-38(33)39)36-25-27-46(2,28-26-36)42-17-10-16-41-40-15-8-9-18-44(40)48-45(41)42/h3-27,30-31H,28-29H2,1-2H3. The fourth-order valence-corrected chi connectivity index (χ4v) is 7.89. The molecule has 0 saturated heterocycles. The molecule has 0 bridgehead atoms. The minimum atomic E-state index is -0.197. The predicted octanol–water partition coefficient (Wildman–Crippen LogP) is 12.5. The number of allylic oxidation sites excluding steroid dienone is 7. The van der Waals surface area contributed by atoms with Gasteiger partial charge in [-0.15, -0.1) is 0 Å². The van der Waals surface area contributed by atoms with E-state index in [2.05, 4.69) is 170 Å². The van der Waals surface area contributed by atoms with Crippen LogP contribution in [0.25, 0.3) is 49.1 Å². The van der Waals surface area contributed by atoms with E-state index in [1.165, 1.54) is 66.1 Å². The van der Waals surface area contributed by atoms with Crippen molar-refractivity contribution in [1.82, 2.24) is 0 Å². The lowest BCUT2D eigenvalue weighted by molar-refractivity contribution is 0.576. The van der Waals surface area contributed by atoms with E-state index in [-0.39, 0.29) is 5.41 Å². The zero-order valence-electron chi connectivity index (χ0n) is 27.4. The minimum Gasteiger partial charge on any atom is -0.456 e. The predicted molar refractivity (Wildman–Crippen MR) is 203 cm³/mol. The van der Waals surface area contributed by atoms with Crippen molar-refractivity contribution in [2.24, 2.45) is 5.92 Å². The van der Waals surface area contributed by atoms with Crippen molar-refractivity contribution in [2.75, 3.05) is 4.90 Å². The maximum atomic E-state index is 6.49. The van der Waals surface area contributed by atoms with Gasteiger partial charge in [0.25, 0.3) is 0 Å². The lowest BCUT2D eigenvalue weighted by Gasteiger charge is -2.37. The van der Waals surface area contributed by atoms with Gasteiger partial charge in [0.2, 0.25) is 0 Å². The van der Waals surface area contributed by atoms with Crippen LogP contribution in [0.4, 0.5) is 5.69 Å². The molecule has 9 rings (SSSR count). The van der Waals surface area contributed by atoms with Gasteiger partial charge in [0.05, 0.1) is 0 Å². The van der Waals surface area contributed by atoms with E-state index in [1.807, 2.05) is 6.07 Å². The van der Waals surface area contributed by atoms with Gasteiger partial charge in [-0.3, -0.25) is 0 Å². The Bertz CT molecular complexity index is 2490. The van der Waals surface area contributed by atoms with E-state index < -0.39 is 0 Å². The van der Waals surface area contributed by atoms with E-state index >= 15 is 0 Å². The second kappa shape index (κ2) is 11.3. The summed E-state index contributed by atoms with van der Waals surface area (Å²) in [7, 11) is 0.